The van der Waals surface area contributed by atoms with Crippen molar-refractivity contribution in [2.75, 3.05) is 46.5 Å². The van der Waals surface area contributed by atoms with Crippen LogP contribution in [0.3, 0.4) is 0 Å². The van der Waals surface area contributed by atoms with E-state index in [0.29, 0.717) is 19.1 Å². The second kappa shape index (κ2) is 11.5. The first kappa shape index (κ1) is 20.0. The van der Waals surface area contributed by atoms with E-state index in [1.54, 1.807) is 0 Å². The number of para-hydroxylation sites is 1. The fourth-order valence-electron chi connectivity index (χ4n) is 2.50. The van der Waals surface area contributed by atoms with Crippen molar-refractivity contribution in [2.24, 2.45) is 10.9 Å². The summed E-state index contributed by atoms with van der Waals surface area (Å²) in [5.41, 5.74) is 0. The fraction of sp³-hybridized carbons (Fsp3) is 0.588. The second-order valence-electron chi connectivity index (χ2n) is 5.51. The summed E-state index contributed by atoms with van der Waals surface area (Å²) >= 11 is 0. The van der Waals surface area contributed by atoms with E-state index in [0.717, 1.165) is 44.4 Å². The molecule has 1 aromatic rings. The summed E-state index contributed by atoms with van der Waals surface area (Å²) in [4.78, 5) is 6.82. The van der Waals surface area contributed by atoms with Gasteiger partial charge in [0.25, 0.3) is 0 Å². The quantitative estimate of drug-likeness (QED) is 0.311. The predicted octanol–water partition coefficient (Wildman–Crippen LogP) is 2.62. The van der Waals surface area contributed by atoms with Crippen molar-refractivity contribution in [2.45, 2.75) is 13.3 Å². The molecule has 0 bridgehead atoms. The summed E-state index contributed by atoms with van der Waals surface area (Å²) < 4.78 is 11.1. The van der Waals surface area contributed by atoms with Gasteiger partial charge in [-0.1, -0.05) is 18.2 Å². The van der Waals surface area contributed by atoms with Crippen LogP contribution in [0, 0.1) is 5.92 Å². The van der Waals surface area contributed by atoms with Crippen LogP contribution in [0.1, 0.15) is 13.3 Å². The molecule has 6 heteroatoms. The lowest BCUT2D eigenvalue weighted by Gasteiger charge is -2.24. The van der Waals surface area contributed by atoms with Crippen molar-refractivity contribution in [1.29, 1.82) is 0 Å². The number of hydrogen-bond donors (Lipinski definition) is 1. The van der Waals surface area contributed by atoms with E-state index in [9.17, 15) is 0 Å². The van der Waals surface area contributed by atoms with E-state index < -0.39 is 0 Å². The number of guanidine groups is 1. The van der Waals surface area contributed by atoms with E-state index in [-0.39, 0.29) is 24.0 Å². The Kier molecular flexibility index (Phi) is 10.0. The van der Waals surface area contributed by atoms with Crippen LogP contribution in [0.2, 0.25) is 0 Å². The van der Waals surface area contributed by atoms with Crippen molar-refractivity contribution in [1.82, 2.24) is 10.2 Å². The minimum absolute atomic E-state index is 0. The fourth-order valence-corrected chi connectivity index (χ4v) is 2.50. The summed E-state index contributed by atoms with van der Waals surface area (Å²) in [6, 6.07) is 9.85. The molecule has 2 rings (SSSR count). The van der Waals surface area contributed by atoms with Gasteiger partial charge in [-0.05, 0) is 25.5 Å². The van der Waals surface area contributed by atoms with Gasteiger partial charge in [-0.3, -0.25) is 0 Å². The van der Waals surface area contributed by atoms with Crippen LogP contribution in [0.15, 0.2) is 35.3 Å². The van der Waals surface area contributed by atoms with Gasteiger partial charge in [0, 0.05) is 32.7 Å². The molecule has 1 heterocycles. The summed E-state index contributed by atoms with van der Waals surface area (Å²) in [7, 11) is 2.08. The Morgan fingerprint density at radius 2 is 2.17 bits per heavy atom. The Morgan fingerprint density at radius 3 is 2.83 bits per heavy atom. The monoisotopic (exact) mass is 433 g/mol. The first-order valence-electron chi connectivity index (χ1n) is 8.04. The van der Waals surface area contributed by atoms with Gasteiger partial charge < -0.3 is 19.7 Å². The van der Waals surface area contributed by atoms with Crippen LogP contribution >= 0.6 is 24.0 Å². The number of halogens is 1. The lowest BCUT2D eigenvalue weighted by atomic mass is 10.1. The molecule has 1 aliphatic rings. The van der Waals surface area contributed by atoms with Crippen LogP contribution in [0.5, 0.6) is 5.75 Å². The summed E-state index contributed by atoms with van der Waals surface area (Å²) in [6.07, 6.45) is 1.14. The molecule has 1 atom stereocenters. The smallest absolute Gasteiger partial charge is 0.193 e. The first-order valence-corrected chi connectivity index (χ1v) is 8.04. The van der Waals surface area contributed by atoms with Crippen molar-refractivity contribution in [3.05, 3.63) is 30.3 Å². The first-order chi connectivity index (χ1) is 10.8. The highest BCUT2D eigenvalue weighted by Crippen LogP contribution is 2.13. The van der Waals surface area contributed by atoms with E-state index in [1.165, 1.54) is 0 Å². The molecule has 0 amide bonds. The Bertz CT molecular complexity index is 450. The van der Waals surface area contributed by atoms with Crippen LogP contribution in [-0.4, -0.2) is 57.4 Å². The van der Waals surface area contributed by atoms with Gasteiger partial charge in [-0.2, -0.15) is 0 Å². The maximum absolute atomic E-state index is 5.67. The number of ether oxygens (including phenoxy) is 2. The molecule has 1 saturated heterocycles. The maximum Gasteiger partial charge on any atom is 0.193 e. The zero-order chi connectivity index (χ0) is 15.6. The molecular formula is C17H28IN3O2. The van der Waals surface area contributed by atoms with E-state index in [1.807, 2.05) is 30.3 Å². The van der Waals surface area contributed by atoms with E-state index in [4.69, 9.17) is 9.47 Å². The summed E-state index contributed by atoms with van der Waals surface area (Å²) in [6.45, 7) is 6.90. The molecule has 0 spiro atoms. The molecule has 1 unspecified atom stereocenters. The van der Waals surface area contributed by atoms with E-state index >= 15 is 0 Å². The van der Waals surface area contributed by atoms with Gasteiger partial charge in [0.15, 0.2) is 5.96 Å². The van der Waals surface area contributed by atoms with Crippen molar-refractivity contribution < 1.29 is 9.47 Å². The van der Waals surface area contributed by atoms with Crippen LogP contribution in [0.4, 0.5) is 0 Å². The van der Waals surface area contributed by atoms with Gasteiger partial charge in [0.1, 0.15) is 12.4 Å². The SMILES string of the molecule is CCNC(=NCCOc1ccccc1)N(C)CC1CCOC1.I. The Morgan fingerprint density at radius 1 is 1.39 bits per heavy atom. The Labute approximate surface area is 156 Å². The number of benzene rings is 1. The largest absolute Gasteiger partial charge is 0.492 e. The number of nitrogens with zero attached hydrogens (tertiary/aromatic N) is 2. The summed E-state index contributed by atoms with van der Waals surface area (Å²) in [5.74, 6) is 2.43. The minimum Gasteiger partial charge on any atom is -0.492 e. The molecule has 1 aromatic carbocycles. The van der Waals surface area contributed by atoms with Gasteiger partial charge >= 0.3 is 0 Å². The van der Waals surface area contributed by atoms with Crippen molar-refractivity contribution in [3.63, 3.8) is 0 Å². The average molecular weight is 433 g/mol. The van der Waals surface area contributed by atoms with Gasteiger partial charge in [0.2, 0.25) is 0 Å². The highest BCUT2D eigenvalue weighted by atomic mass is 127. The zero-order valence-electron chi connectivity index (χ0n) is 14.0. The standard InChI is InChI=1S/C17H27N3O2.HI/c1-3-18-17(20(2)13-15-9-11-21-14-15)19-10-12-22-16-7-5-4-6-8-16;/h4-8,15H,3,9-14H2,1-2H3,(H,18,19);1H. The van der Waals surface area contributed by atoms with Crippen molar-refractivity contribution in [3.8, 4) is 5.75 Å². The molecular weight excluding hydrogens is 405 g/mol. The number of nitrogens with one attached hydrogen (secondary N) is 1. The zero-order valence-corrected chi connectivity index (χ0v) is 16.4. The third kappa shape index (κ3) is 7.39. The van der Waals surface area contributed by atoms with Crippen LogP contribution in [0.25, 0.3) is 0 Å². The number of rotatable bonds is 7. The molecule has 0 aliphatic carbocycles. The van der Waals surface area contributed by atoms with Gasteiger partial charge in [-0.15, -0.1) is 24.0 Å². The topological polar surface area (TPSA) is 46.1 Å². The van der Waals surface area contributed by atoms with Crippen molar-refractivity contribution >= 4 is 29.9 Å². The van der Waals surface area contributed by atoms with Gasteiger partial charge in [0.05, 0.1) is 13.2 Å². The highest BCUT2D eigenvalue weighted by Gasteiger charge is 2.18. The molecule has 130 valence electrons. The lowest BCUT2D eigenvalue weighted by molar-refractivity contribution is 0.181. The Balaban J connectivity index is 0.00000264. The molecule has 0 aromatic heterocycles. The third-order valence-electron chi connectivity index (χ3n) is 3.62. The van der Waals surface area contributed by atoms with E-state index in [2.05, 4.69) is 29.2 Å². The molecule has 5 nitrogen and oxygen atoms in total. The number of hydrogen-bond acceptors (Lipinski definition) is 3. The minimum atomic E-state index is 0. The lowest BCUT2D eigenvalue weighted by Crippen LogP contribution is -2.41. The predicted molar refractivity (Wildman–Crippen MR) is 105 cm³/mol. The molecule has 0 saturated carbocycles. The summed E-state index contributed by atoms with van der Waals surface area (Å²) in [5, 5.41) is 3.33. The number of aliphatic imine (C=N–C) groups is 1. The molecule has 1 N–H and O–H groups in total. The van der Waals surface area contributed by atoms with Gasteiger partial charge in [-0.25, -0.2) is 4.99 Å². The average Bonchev–Trinajstić information content (AvgIpc) is 3.04. The molecule has 1 fully saturated rings. The van der Waals surface area contributed by atoms with Crippen LogP contribution in [-0.2, 0) is 4.74 Å². The normalized spacial score (nSPS) is 17.5. The third-order valence-corrected chi connectivity index (χ3v) is 3.62. The Hall–Kier alpha value is -1.02. The van der Waals surface area contributed by atoms with Crippen LogP contribution < -0.4 is 10.1 Å². The molecule has 0 radical (unpaired) electrons. The second-order valence-corrected chi connectivity index (χ2v) is 5.51. The molecule has 1 aliphatic heterocycles. The molecule has 23 heavy (non-hydrogen) atoms. The highest BCUT2D eigenvalue weighted by molar-refractivity contribution is 14.0. The maximum atomic E-state index is 5.67.